The van der Waals surface area contributed by atoms with Crippen molar-refractivity contribution in [1.29, 1.82) is 0 Å². The molecule has 6 nitrogen and oxygen atoms in total. The Labute approximate surface area is 173 Å². The Bertz CT molecular complexity index is 976. The van der Waals surface area contributed by atoms with Crippen LogP contribution >= 0.6 is 11.8 Å². The van der Waals surface area contributed by atoms with E-state index >= 15 is 0 Å². The molecule has 0 bridgehead atoms. The maximum Gasteiger partial charge on any atom is 0.416 e. The molecule has 156 valence electrons. The third kappa shape index (κ3) is 5.49. The van der Waals surface area contributed by atoms with Gasteiger partial charge in [-0.1, -0.05) is 42.5 Å². The number of thioether (sulfide) groups is 1. The molecule has 0 aliphatic carbocycles. The molecule has 3 amide bonds. The topological polar surface area (TPSA) is 75.7 Å². The fourth-order valence-electron chi connectivity index (χ4n) is 2.51. The van der Waals surface area contributed by atoms with Crippen molar-refractivity contribution in [1.82, 2.24) is 10.4 Å². The summed E-state index contributed by atoms with van der Waals surface area (Å²) >= 11 is 0.605. The molecule has 1 saturated heterocycles. The van der Waals surface area contributed by atoms with Crippen LogP contribution in [0, 0.1) is 0 Å². The van der Waals surface area contributed by atoms with Crippen molar-refractivity contribution in [3.63, 3.8) is 0 Å². The molecule has 1 fully saturated rings. The van der Waals surface area contributed by atoms with Gasteiger partial charge in [-0.15, -0.1) is 0 Å². The Balaban J connectivity index is 1.57. The maximum atomic E-state index is 12.6. The van der Waals surface area contributed by atoms with E-state index in [2.05, 4.69) is 5.48 Å². The lowest BCUT2D eigenvalue weighted by atomic mass is 10.1. The molecule has 2 aromatic rings. The SMILES string of the molecule is O=C(CN1C(=O)S/C(=C\c2ccc(C(F)(F)F)cc2)C1=O)NOCc1ccccc1. The van der Waals surface area contributed by atoms with Gasteiger partial charge in [0.05, 0.1) is 17.1 Å². The molecular formula is C20H15F3N2O4S. The zero-order valence-corrected chi connectivity index (χ0v) is 16.1. The summed E-state index contributed by atoms with van der Waals surface area (Å²) in [6, 6.07) is 13.2. The van der Waals surface area contributed by atoms with E-state index in [0.717, 1.165) is 22.6 Å². The molecule has 3 rings (SSSR count). The molecule has 2 aromatic carbocycles. The second kappa shape index (κ2) is 9.14. The summed E-state index contributed by atoms with van der Waals surface area (Å²) in [4.78, 5) is 42.2. The van der Waals surface area contributed by atoms with Gasteiger partial charge in [0.25, 0.3) is 17.1 Å². The fourth-order valence-corrected chi connectivity index (χ4v) is 3.34. The van der Waals surface area contributed by atoms with Gasteiger partial charge < -0.3 is 0 Å². The van der Waals surface area contributed by atoms with Crippen molar-refractivity contribution < 1.29 is 32.4 Å². The second-order valence-corrected chi connectivity index (χ2v) is 7.18. The standard InChI is InChI=1S/C20H15F3N2O4S/c21-20(22,23)15-8-6-13(7-9-15)10-16-18(27)25(19(28)30-16)11-17(26)24-29-12-14-4-2-1-3-5-14/h1-10H,11-12H2,(H,24,26)/b16-10-. The van der Waals surface area contributed by atoms with Gasteiger partial charge in [0.15, 0.2) is 0 Å². The summed E-state index contributed by atoms with van der Waals surface area (Å²) < 4.78 is 37.9. The predicted molar refractivity (Wildman–Crippen MR) is 103 cm³/mol. The van der Waals surface area contributed by atoms with Crippen molar-refractivity contribution in [3.05, 3.63) is 76.2 Å². The minimum atomic E-state index is -4.47. The van der Waals surface area contributed by atoms with Crippen molar-refractivity contribution in [3.8, 4) is 0 Å². The number of amides is 3. The van der Waals surface area contributed by atoms with E-state index in [9.17, 15) is 27.6 Å². The average Bonchev–Trinajstić information content (AvgIpc) is 2.96. The van der Waals surface area contributed by atoms with E-state index in [0.29, 0.717) is 17.3 Å². The maximum absolute atomic E-state index is 12.6. The molecule has 1 aliphatic heterocycles. The van der Waals surface area contributed by atoms with E-state index in [1.54, 1.807) is 12.1 Å². The number of rotatable bonds is 6. The minimum absolute atomic E-state index is 0.0118. The Morgan fingerprint density at radius 2 is 1.73 bits per heavy atom. The number of hydroxylamine groups is 1. The highest BCUT2D eigenvalue weighted by Gasteiger charge is 2.36. The monoisotopic (exact) mass is 436 g/mol. The van der Waals surface area contributed by atoms with Crippen molar-refractivity contribution >= 4 is 34.9 Å². The Kier molecular flexibility index (Phi) is 6.58. The molecule has 0 radical (unpaired) electrons. The number of hydrogen-bond donors (Lipinski definition) is 1. The largest absolute Gasteiger partial charge is 0.416 e. The lowest BCUT2D eigenvalue weighted by Gasteiger charge is -2.12. The highest BCUT2D eigenvalue weighted by Crippen LogP contribution is 2.33. The van der Waals surface area contributed by atoms with Gasteiger partial charge in [0.1, 0.15) is 6.54 Å². The predicted octanol–water partition coefficient (Wildman–Crippen LogP) is 3.99. The number of nitrogens with one attached hydrogen (secondary N) is 1. The second-order valence-electron chi connectivity index (χ2n) is 6.19. The Morgan fingerprint density at radius 1 is 1.07 bits per heavy atom. The molecule has 0 atom stereocenters. The number of carbonyl (C=O) groups is 3. The quantitative estimate of drug-likeness (QED) is 0.548. The van der Waals surface area contributed by atoms with Crippen LogP contribution in [0.15, 0.2) is 59.5 Å². The molecule has 1 heterocycles. The normalized spacial score (nSPS) is 15.7. The zero-order chi connectivity index (χ0) is 21.7. The van der Waals surface area contributed by atoms with Crippen LogP contribution in [0.3, 0.4) is 0 Å². The van der Waals surface area contributed by atoms with Gasteiger partial charge in [0, 0.05) is 0 Å². The van der Waals surface area contributed by atoms with Gasteiger partial charge in [0.2, 0.25) is 0 Å². The summed E-state index contributed by atoms with van der Waals surface area (Å²) in [5.74, 6) is -1.40. The first-order valence-corrected chi connectivity index (χ1v) is 9.43. The van der Waals surface area contributed by atoms with Crippen LogP contribution in [-0.2, 0) is 27.2 Å². The van der Waals surface area contributed by atoms with Gasteiger partial charge in [-0.2, -0.15) is 13.2 Å². The van der Waals surface area contributed by atoms with Crippen molar-refractivity contribution in [2.75, 3.05) is 6.54 Å². The first-order valence-electron chi connectivity index (χ1n) is 8.61. The summed E-state index contributed by atoms with van der Waals surface area (Å²) in [5.41, 5.74) is 2.49. The molecule has 1 aliphatic rings. The number of carbonyl (C=O) groups excluding carboxylic acids is 3. The van der Waals surface area contributed by atoms with Crippen LogP contribution in [0.2, 0.25) is 0 Å². The molecule has 0 spiro atoms. The first kappa shape index (κ1) is 21.6. The number of hydrogen-bond acceptors (Lipinski definition) is 5. The fraction of sp³-hybridized carbons (Fsp3) is 0.150. The lowest BCUT2D eigenvalue weighted by molar-refractivity contribution is -0.138. The smallest absolute Gasteiger partial charge is 0.271 e. The van der Waals surface area contributed by atoms with Crippen molar-refractivity contribution in [2.45, 2.75) is 12.8 Å². The highest BCUT2D eigenvalue weighted by atomic mass is 32.2. The highest BCUT2D eigenvalue weighted by molar-refractivity contribution is 8.18. The van der Waals surface area contributed by atoms with E-state index in [1.807, 2.05) is 18.2 Å². The van der Waals surface area contributed by atoms with E-state index < -0.39 is 35.3 Å². The summed E-state index contributed by atoms with van der Waals surface area (Å²) in [6.07, 6.45) is -3.17. The molecule has 0 saturated carbocycles. The average molecular weight is 436 g/mol. The third-order valence-corrected chi connectivity index (χ3v) is 4.89. The molecular weight excluding hydrogens is 421 g/mol. The first-order chi connectivity index (χ1) is 14.2. The molecule has 0 unspecified atom stereocenters. The van der Waals surface area contributed by atoms with Crippen LogP contribution < -0.4 is 5.48 Å². The number of nitrogens with zero attached hydrogens (tertiary/aromatic N) is 1. The van der Waals surface area contributed by atoms with Crippen LogP contribution in [0.25, 0.3) is 6.08 Å². The number of halogens is 3. The Hall–Kier alpha value is -3.11. The lowest BCUT2D eigenvalue weighted by Crippen LogP contribution is -2.39. The zero-order valence-electron chi connectivity index (χ0n) is 15.3. The van der Waals surface area contributed by atoms with Gasteiger partial charge in [-0.3, -0.25) is 24.1 Å². The van der Waals surface area contributed by atoms with E-state index in [-0.39, 0.29) is 11.5 Å². The number of benzene rings is 2. The third-order valence-electron chi connectivity index (χ3n) is 3.98. The molecule has 0 aromatic heterocycles. The number of alkyl halides is 3. The summed E-state index contributed by atoms with van der Waals surface area (Å²) in [5, 5.41) is -0.656. The summed E-state index contributed by atoms with van der Waals surface area (Å²) in [6.45, 7) is -0.424. The van der Waals surface area contributed by atoms with Crippen LogP contribution in [-0.4, -0.2) is 28.5 Å². The minimum Gasteiger partial charge on any atom is -0.271 e. The Morgan fingerprint density at radius 3 is 2.37 bits per heavy atom. The van der Waals surface area contributed by atoms with Gasteiger partial charge in [-0.25, -0.2) is 5.48 Å². The van der Waals surface area contributed by atoms with E-state index in [4.69, 9.17) is 4.84 Å². The molecule has 1 N–H and O–H groups in total. The molecule has 10 heteroatoms. The molecule has 30 heavy (non-hydrogen) atoms. The van der Waals surface area contributed by atoms with Crippen molar-refractivity contribution in [2.24, 2.45) is 0 Å². The van der Waals surface area contributed by atoms with Gasteiger partial charge >= 0.3 is 6.18 Å². The summed E-state index contributed by atoms with van der Waals surface area (Å²) in [7, 11) is 0. The van der Waals surface area contributed by atoms with E-state index in [1.165, 1.54) is 18.2 Å². The van der Waals surface area contributed by atoms with Crippen LogP contribution in [0.5, 0.6) is 0 Å². The number of imide groups is 1. The van der Waals surface area contributed by atoms with Crippen LogP contribution in [0.4, 0.5) is 18.0 Å². The van der Waals surface area contributed by atoms with Gasteiger partial charge in [-0.05, 0) is 41.1 Å². The van der Waals surface area contributed by atoms with Crippen LogP contribution in [0.1, 0.15) is 16.7 Å².